The summed E-state index contributed by atoms with van der Waals surface area (Å²) in [4.78, 5) is 18.7. The number of hydrogen-bond donors (Lipinski definition) is 0. The van der Waals surface area contributed by atoms with Gasteiger partial charge in [0.15, 0.2) is 15.0 Å². The number of sulfone groups is 1. The van der Waals surface area contributed by atoms with Crippen LogP contribution in [-0.4, -0.2) is 42.3 Å². The van der Waals surface area contributed by atoms with E-state index < -0.39 is 9.84 Å². The van der Waals surface area contributed by atoms with Crippen molar-refractivity contribution in [3.8, 4) is 0 Å². The number of amides is 1. The molecule has 152 valence electrons. The van der Waals surface area contributed by atoms with Crippen molar-refractivity contribution in [2.45, 2.75) is 24.6 Å². The number of nitrogens with zero attached hydrogens (tertiary/aromatic N) is 2. The minimum Gasteiger partial charge on any atom is -0.314 e. The van der Waals surface area contributed by atoms with Crippen LogP contribution in [0.25, 0.3) is 0 Å². The van der Waals surface area contributed by atoms with Crippen LogP contribution in [0.3, 0.4) is 0 Å². The van der Waals surface area contributed by atoms with Crippen LogP contribution in [0.4, 0.5) is 5.69 Å². The van der Waals surface area contributed by atoms with Crippen LogP contribution in [0.15, 0.2) is 47.5 Å². The number of aryl methyl sites for hydroxylation is 1. The number of anilines is 1. The van der Waals surface area contributed by atoms with Crippen LogP contribution in [0, 0.1) is 6.92 Å². The topological polar surface area (TPSA) is 66.8 Å². The average Bonchev–Trinajstić information content (AvgIpc) is 3.10. The fourth-order valence-corrected chi connectivity index (χ4v) is 7.86. The van der Waals surface area contributed by atoms with E-state index in [0.29, 0.717) is 20.9 Å². The Bertz CT molecular complexity index is 1100. The molecule has 5 nitrogen and oxygen atoms in total. The molecule has 2 aromatic carbocycles. The van der Waals surface area contributed by atoms with Crippen LogP contribution in [-0.2, 0) is 21.1 Å². The molecule has 2 aliphatic rings. The van der Waals surface area contributed by atoms with Crippen LogP contribution in [0.2, 0.25) is 10.0 Å². The molecule has 1 amide bonds. The lowest BCUT2D eigenvalue weighted by atomic mass is 10.1. The number of rotatable bonds is 3. The molecule has 4 rings (SSSR count). The first-order chi connectivity index (χ1) is 13.7. The average molecular weight is 469 g/mol. The molecule has 2 aliphatic heterocycles. The number of amidine groups is 1. The minimum atomic E-state index is -3.15. The predicted octanol–water partition coefficient (Wildman–Crippen LogP) is 4.15. The maximum Gasteiger partial charge on any atom is 0.252 e. The van der Waals surface area contributed by atoms with E-state index in [9.17, 15) is 13.2 Å². The standard InChI is InChI=1S/C20H18Cl2N2O3S2/c1-12-5-7-13(8-6-12)9-18(25)23-20-24(15-4-2-3-14(21)19(15)22)16-10-29(26,27)11-17(16)28-20/h2-8,16-17H,9-11H2,1H3/t16-,17+/m1/s1. The molecule has 29 heavy (non-hydrogen) atoms. The zero-order valence-electron chi connectivity index (χ0n) is 15.5. The van der Waals surface area contributed by atoms with Crippen LogP contribution >= 0.6 is 35.0 Å². The highest BCUT2D eigenvalue weighted by molar-refractivity contribution is 8.16. The summed E-state index contributed by atoms with van der Waals surface area (Å²) in [7, 11) is -3.15. The lowest BCUT2D eigenvalue weighted by molar-refractivity contribution is -0.117. The monoisotopic (exact) mass is 468 g/mol. The highest BCUT2D eigenvalue weighted by atomic mass is 35.5. The molecular weight excluding hydrogens is 451 g/mol. The van der Waals surface area contributed by atoms with Crippen molar-refractivity contribution in [3.05, 3.63) is 63.6 Å². The maximum absolute atomic E-state index is 12.6. The normalized spacial score (nSPS) is 24.1. The van der Waals surface area contributed by atoms with Gasteiger partial charge in [-0.15, -0.1) is 0 Å². The van der Waals surface area contributed by atoms with Crippen molar-refractivity contribution in [2.24, 2.45) is 4.99 Å². The second-order valence-electron chi connectivity index (χ2n) is 7.19. The van der Waals surface area contributed by atoms with Crippen molar-refractivity contribution in [1.29, 1.82) is 0 Å². The number of halogens is 2. The van der Waals surface area contributed by atoms with Gasteiger partial charge >= 0.3 is 0 Å². The number of aliphatic imine (C=N–C) groups is 1. The minimum absolute atomic E-state index is 0.00131. The molecule has 2 heterocycles. The van der Waals surface area contributed by atoms with E-state index in [1.807, 2.05) is 31.2 Å². The molecule has 0 N–H and O–H groups in total. The van der Waals surface area contributed by atoms with Gasteiger partial charge in [0.1, 0.15) is 0 Å². The Hall–Kier alpha value is -1.54. The molecule has 2 atom stereocenters. The maximum atomic E-state index is 12.6. The summed E-state index contributed by atoms with van der Waals surface area (Å²) in [5, 5.41) is 0.958. The van der Waals surface area contributed by atoms with Crippen molar-refractivity contribution in [3.63, 3.8) is 0 Å². The van der Waals surface area contributed by atoms with Gasteiger partial charge in [0.25, 0.3) is 5.91 Å². The zero-order chi connectivity index (χ0) is 20.8. The summed E-state index contributed by atoms with van der Waals surface area (Å²) < 4.78 is 24.3. The summed E-state index contributed by atoms with van der Waals surface area (Å²) in [6.07, 6.45) is 0.176. The smallest absolute Gasteiger partial charge is 0.252 e. The Morgan fingerprint density at radius 3 is 2.62 bits per heavy atom. The van der Waals surface area contributed by atoms with Gasteiger partial charge in [-0.05, 0) is 24.6 Å². The third-order valence-corrected chi connectivity index (χ3v) is 8.97. The van der Waals surface area contributed by atoms with Gasteiger partial charge in [-0.1, -0.05) is 70.9 Å². The molecule has 0 bridgehead atoms. The Kier molecular flexibility index (Phi) is 5.68. The zero-order valence-corrected chi connectivity index (χ0v) is 18.7. The summed E-state index contributed by atoms with van der Waals surface area (Å²) in [6, 6.07) is 12.6. The molecule has 0 radical (unpaired) electrons. The van der Waals surface area contributed by atoms with Gasteiger partial charge in [0.05, 0.1) is 39.7 Å². The van der Waals surface area contributed by atoms with Crippen molar-refractivity contribution >= 4 is 61.6 Å². The predicted molar refractivity (Wildman–Crippen MR) is 120 cm³/mol. The Morgan fingerprint density at radius 2 is 1.90 bits per heavy atom. The molecule has 0 aliphatic carbocycles. The summed E-state index contributed by atoms with van der Waals surface area (Å²) in [6.45, 7) is 1.99. The lowest BCUT2D eigenvalue weighted by Crippen LogP contribution is -2.38. The second-order valence-corrected chi connectivity index (χ2v) is 11.3. The van der Waals surface area contributed by atoms with E-state index in [1.165, 1.54) is 11.8 Å². The first-order valence-corrected chi connectivity index (χ1v) is 12.5. The van der Waals surface area contributed by atoms with Gasteiger partial charge < -0.3 is 4.90 Å². The van der Waals surface area contributed by atoms with E-state index in [2.05, 4.69) is 4.99 Å². The highest BCUT2D eigenvalue weighted by Crippen LogP contribution is 2.44. The Labute approximate surface area is 184 Å². The highest BCUT2D eigenvalue weighted by Gasteiger charge is 2.49. The summed E-state index contributed by atoms with van der Waals surface area (Å²) in [5.41, 5.74) is 2.57. The van der Waals surface area contributed by atoms with Crippen LogP contribution in [0.5, 0.6) is 0 Å². The molecular formula is C20H18Cl2N2O3S2. The van der Waals surface area contributed by atoms with E-state index in [0.717, 1.165) is 11.1 Å². The largest absolute Gasteiger partial charge is 0.314 e. The second kappa shape index (κ2) is 7.95. The van der Waals surface area contributed by atoms with Crippen LogP contribution in [0.1, 0.15) is 11.1 Å². The molecule has 0 unspecified atom stereocenters. The molecule has 2 saturated heterocycles. The molecule has 0 saturated carbocycles. The van der Waals surface area contributed by atoms with Crippen molar-refractivity contribution < 1.29 is 13.2 Å². The number of carbonyl (C=O) groups is 1. The Balaban J connectivity index is 1.67. The first kappa shape index (κ1) is 20.7. The quantitative estimate of drug-likeness (QED) is 0.676. The van der Waals surface area contributed by atoms with Gasteiger partial charge in [-0.25, -0.2) is 8.42 Å². The molecule has 0 spiro atoms. The van der Waals surface area contributed by atoms with E-state index in [1.54, 1.807) is 23.1 Å². The van der Waals surface area contributed by atoms with Crippen LogP contribution < -0.4 is 4.90 Å². The van der Waals surface area contributed by atoms with E-state index in [4.69, 9.17) is 23.2 Å². The van der Waals surface area contributed by atoms with Gasteiger partial charge in [0.2, 0.25) is 0 Å². The number of hydrogen-bond acceptors (Lipinski definition) is 4. The lowest BCUT2D eigenvalue weighted by Gasteiger charge is -2.25. The number of thioether (sulfide) groups is 1. The van der Waals surface area contributed by atoms with E-state index in [-0.39, 0.29) is 35.1 Å². The first-order valence-electron chi connectivity index (χ1n) is 9.01. The van der Waals surface area contributed by atoms with E-state index >= 15 is 0 Å². The fourth-order valence-electron chi connectivity index (χ4n) is 3.55. The number of carbonyl (C=O) groups excluding carboxylic acids is 1. The third kappa shape index (κ3) is 4.33. The van der Waals surface area contributed by atoms with Crippen molar-refractivity contribution in [1.82, 2.24) is 0 Å². The number of benzene rings is 2. The SMILES string of the molecule is Cc1ccc(CC(=O)N=C2S[C@H]3CS(=O)(=O)C[C@H]3N2c2cccc(Cl)c2Cl)cc1. The summed E-state index contributed by atoms with van der Waals surface area (Å²) >= 11 is 13.9. The van der Waals surface area contributed by atoms with Crippen molar-refractivity contribution in [2.75, 3.05) is 16.4 Å². The van der Waals surface area contributed by atoms with Gasteiger partial charge in [0, 0.05) is 5.25 Å². The molecule has 2 aromatic rings. The fraction of sp³-hybridized carbons (Fsp3) is 0.300. The van der Waals surface area contributed by atoms with Gasteiger partial charge in [-0.3, -0.25) is 4.79 Å². The number of fused-ring (bicyclic) bond motifs is 1. The third-order valence-electron chi connectivity index (χ3n) is 4.95. The Morgan fingerprint density at radius 1 is 1.17 bits per heavy atom. The molecule has 0 aromatic heterocycles. The molecule has 2 fully saturated rings. The molecule has 9 heteroatoms. The van der Waals surface area contributed by atoms with Gasteiger partial charge in [-0.2, -0.15) is 4.99 Å². The summed E-state index contributed by atoms with van der Waals surface area (Å²) in [5.74, 6) is -0.233.